The first kappa shape index (κ1) is 34.7. The lowest BCUT2D eigenvalue weighted by Gasteiger charge is -2.48. The minimum Gasteiger partial charge on any atom is -0.365 e. The molecule has 8 heteroatoms. The van der Waals surface area contributed by atoms with Gasteiger partial charge < -0.3 is 14.9 Å². The Hall–Kier alpha value is -2.28. The largest absolute Gasteiger partial charge is 0.365 e. The monoisotopic (exact) mass is 536 g/mol. The molecule has 2 aliphatic carbocycles. The normalized spacial score (nSPS) is 20.2. The molecule has 0 aliphatic heterocycles. The Morgan fingerprint density at radius 1 is 1.08 bits per heavy atom. The number of nitrogens with one attached hydrogen (secondary N) is 1. The van der Waals surface area contributed by atoms with Crippen molar-refractivity contribution in [1.82, 2.24) is 14.5 Å². The zero-order chi connectivity index (χ0) is 28.6. The second-order valence-electron chi connectivity index (χ2n) is 9.66. The summed E-state index contributed by atoms with van der Waals surface area (Å²) in [5.41, 5.74) is 1.77. The third-order valence-electron chi connectivity index (χ3n) is 6.95. The number of aromatic nitrogens is 3. The molecule has 1 atom stereocenters. The van der Waals surface area contributed by atoms with E-state index in [-0.39, 0.29) is 11.6 Å². The SMILES string of the molecule is C=O.C=O.CC.CCC.CCCC1(CC)CC(CNc2nc3ccc(Cl)nc3n(C(C)C3CC3)c2=O)C1. The number of anilines is 1. The van der Waals surface area contributed by atoms with Gasteiger partial charge in [-0.3, -0.25) is 9.36 Å². The smallest absolute Gasteiger partial charge is 0.295 e. The van der Waals surface area contributed by atoms with Crippen LogP contribution in [0.2, 0.25) is 5.15 Å². The molecule has 2 heterocycles. The Morgan fingerprint density at radius 2 is 1.65 bits per heavy atom. The minimum absolute atomic E-state index is 0.0729. The van der Waals surface area contributed by atoms with Crippen LogP contribution in [0.25, 0.3) is 11.2 Å². The van der Waals surface area contributed by atoms with Gasteiger partial charge in [0.15, 0.2) is 11.5 Å². The van der Waals surface area contributed by atoms with Gasteiger partial charge in [0.1, 0.15) is 24.2 Å². The van der Waals surface area contributed by atoms with Gasteiger partial charge in [-0.1, -0.05) is 72.4 Å². The molecule has 2 aromatic heterocycles. The Morgan fingerprint density at radius 3 is 2.14 bits per heavy atom. The van der Waals surface area contributed by atoms with Crippen molar-refractivity contribution < 1.29 is 9.59 Å². The topological polar surface area (TPSA) is 93.9 Å². The second-order valence-corrected chi connectivity index (χ2v) is 10.0. The van der Waals surface area contributed by atoms with Crippen LogP contribution in [-0.4, -0.2) is 34.7 Å². The fourth-order valence-electron chi connectivity index (χ4n) is 5.09. The molecular formula is C29H49ClN4O3. The van der Waals surface area contributed by atoms with Gasteiger partial charge in [0.25, 0.3) is 5.56 Å². The zero-order valence-electron chi connectivity index (χ0n) is 24.1. The number of fused-ring (bicyclic) bond motifs is 1. The third-order valence-corrected chi connectivity index (χ3v) is 7.16. The van der Waals surface area contributed by atoms with Crippen molar-refractivity contribution in [3.8, 4) is 0 Å². The highest BCUT2D eigenvalue weighted by Gasteiger charge is 2.41. The Labute approximate surface area is 228 Å². The van der Waals surface area contributed by atoms with E-state index < -0.39 is 0 Å². The fourth-order valence-corrected chi connectivity index (χ4v) is 5.24. The molecule has 1 unspecified atom stereocenters. The summed E-state index contributed by atoms with van der Waals surface area (Å²) in [5.74, 6) is 1.62. The second kappa shape index (κ2) is 18.1. The minimum atomic E-state index is -0.0729. The molecule has 0 radical (unpaired) electrons. The number of hydrogen-bond acceptors (Lipinski definition) is 6. The van der Waals surface area contributed by atoms with Crippen LogP contribution in [0, 0.1) is 17.3 Å². The van der Waals surface area contributed by atoms with Crippen molar-refractivity contribution in [2.75, 3.05) is 11.9 Å². The number of carbonyl (C=O) groups excluding carboxylic acids is 2. The van der Waals surface area contributed by atoms with Crippen LogP contribution < -0.4 is 10.9 Å². The summed E-state index contributed by atoms with van der Waals surface area (Å²) >= 11 is 6.11. The van der Waals surface area contributed by atoms with E-state index in [0.29, 0.717) is 33.9 Å². The predicted molar refractivity (Wildman–Crippen MR) is 157 cm³/mol. The number of nitrogens with zero attached hydrogens (tertiary/aromatic N) is 3. The summed E-state index contributed by atoms with van der Waals surface area (Å²) < 4.78 is 1.81. The average molecular weight is 537 g/mol. The number of pyridine rings is 1. The first-order chi connectivity index (χ1) is 17.9. The van der Waals surface area contributed by atoms with E-state index in [4.69, 9.17) is 21.2 Å². The van der Waals surface area contributed by atoms with Crippen LogP contribution in [0.4, 0.5) is 5.82 Å². The van der Waals surface area contributed by atoms with Gasteiger partial charge in [-0.25, -0.2) is 9.97 Å². The van der Waals surface area contributed by atoms with Gasteiger partial charge in [-0.05, 0) is 68.4 Å². The molecular weight excluding hydrogens is 488 g/mol. The van der Waals surface area contributed by atoms with E-state index >= 15 is 0 Å². The molecule has 2 aromatic rings. The van der Waals surface area contributed by atoms with Crippen LogP contribution in [0.5, 0.6) is 0 Å². The summed E-state index contributed by atoms with van der Waals surface area (Å²) in [6.07, 6.45) is 9.90. The molecule has 7 nitrogen and oxygen atoms in total. The van der Waals surface area contributed by atoms with E-state index in [1.54, 1.807) is 6.07 Å². The number of rotatable bonds is 8. The van der Waals surface area contributed by atoms with E-state index in [2.05, 4.69) is 49.9 Å². The lowest BCUT2D eigenvalue weighted by molar-refractivity contribution is -0.0987. The number of halogens is 1. The van der Waals surface area contributed by atoms with Gasteiger partial charge in [-0.2, -0.15) is 0 Å². The first-order valence-electron chi connectivity index (χ1n) is 13.8. The molecule has 4 rings (SSSR count). The molecule has 0 spiro atoms. The highest BCUT2D eigenvalue weighted by molar-refractivity contribution is 6.29. The van der Waals surface area contributed by atoms with Gasteiger partial charge in [0.2, 0.25) is 0 Å². The first-order valence-corrected chi connectivity index (χ1v) is 14.2. The molecule has 0 aromatic carbocycles. The van der Waals surface area contributed by atoms with Gasteiger partial charge in [0, 0.05) is 12.6 Å². The fraction of sp³-hybridized carbons (Fsp3) is 0.690. The molecule has 0 saturated heterocycles. The van der Waals surface area contributed by atoms with Gasteiger partial charge in [0.05, 0.1) is 0 Å². The molecule has 2 fully saturated rings. The van der Waals surface area contributed by atoms with Crippen LogP contribution in [-0.2, 0) is 9.59 Å². The maximum atomic E-state index is 13.2. The standard InChI is InChI=1S/C22H31ClN4O.C3H8.C2H6.2CH2O/c1-4-10-22(5-2)11-15(12-22)13-24-19-21(28)27(14(3)16-6-7-16)20-17(25-19)8-9-18(23)26-20;1-3-2;3*1-2/h8-9,14-16H,4-7,10-13H2,1-3H3,(H,24,25);3H2,1-2H3;1-2H3;2*1H2. The third kappa shape index (κ3) is 9.51. The maximum absolute atomic E-state index is 13.2. The molecule has 2 saturated carbocycles. The summed E-state index contributed by atoms with van der Waals surface area (Å²) in [6.45, 7) is 19.8. The van der Waals surface area contributed by atoms with Gasteiger partial charge >= 0.3 is 0 Å². The van der Waals surface area contributed by atoms with E-state index in [1.807, 2.05) is 38.1 Å². The molecule has 2 aliphatic rings. The summed E-state index contributed by atoms with van der Waals surface area (Å²) in [7, 11) is 0. The number of carbonyl (C=O) groups is 2. The van der Waals surface area contributed by atoms with E-state index in [1.165, 1.54) is 51.4 Å². The van der Waals surface area contributed by atoms with Crippen molar-refractivity contribution in [2.45, 2.75) is 106 Å². The van der Waals surface area contributed by atoms with Crippen molar-refractivity contribution in [1.29, 1.82) is 0 Å². The highest BCUT2D eigenvalue weighted by Crippen LogP contribution is 2.51. The highest BCUT2D eigenvalue weighted by atomic mass is 35.5. The molecule has 1 N–H and O–H groups in total. The lowest BCUT2D eigenvalue weighted by Crippen LogP contribution is -2.40. The Balaban J connectivity index is 0.00000129. The van der Waals surface area contributed by atoms with Crippen molar-refractivity contribution >= 4 is 42.2 Å². The Kier molecular flexibility index (Phi) is 16.9. The van der Waals surface area contributed by atoms with Crippen LogP contribution in [0.1, 0.15) is 106 Å². The number of hydrogen-bond donors (Lipinski definition) is 1. The zero-order valence-corrected chi connectivity index (χ0v) is 24.9. The summed E-state index contributed by atoms with van der Waals surface area (Å²) in [5, 5.41) is 3.77. The van der Waals surface area contributed by atoms with Crippen molar-refractivity contribution in [3.05, 3.63) is 27.6 Å². The van der Waals surface area contributed by atoms with E-state index in [9.17, 15) is 4.79 Å². The molecule has 0 amide bonds. The summed E-state index contributed by atoms with van der Waals surface area (Å²) in [6, 6.07) is 3.72. The lowest BCUT2D eigenvalue weighted by atomic mass is 9.58. The predicted octanol–water partition coefficient (Wildman–Crippen LogP) is 7.51. The molecule has 0 bridgehead atoms. The summed E-state index contributed by atoms with van der Waals surface area (Å²) in [4.78, 5) is 38.2. The van der Waals surface area contributed by atoms with Crippen LogP contribution in [0.3, 0.4) is 0 Å². The maximum Gasteiger partial charge on any atom is 0.295 e. The van der Waals surface area contributed by atoms with E-state index in [0.717, 1.165) is 12.1 Å². The van der Waals surface area contributed by atoms with Crippen molar-refractivity contribution in [2.24, 2.45) is 17.3 Å². The van der Waals surface area contributed by atoms with Crippen LogP contribution >= 0.6 is 11.6 Å². The average Bonchev–Trinajstić information content (AvgIpc) is 3.75. The van der Waals surface area contributed by atoms with Crippen molar-refractivity contribution in [3.63, 3.8) is 0 Å². The Bertz CT molecular complexity index is 970. The van der Waals surface area contributed by atoms with Gasteiger partial charge in [-0.15, -0.1) is 0 Å². The quantitative estimate of drug-likeness (QED) is 0.351. The van der Waals surface area contributed by atoms with Crippen LogP contribution in [0.15, 0.2) is 16.9 Å². The molecule has 210 valence electrons. The molecule has 37 heavy (non-hydrogen) atoms.